The van der Waals surface area contributed by atoms with Gasteiger partial charge in [-0.05, 0) is 50.3 Å². The molecule has 0 aliphatic rings. The molecule has 1 rings (SSSR count). The minimum atomic E-state index is -4.91. The average molecular weight is 1430 g/mol. The van der Waals surface area contributed by atoms with Gasteiger partial charge in [0.1, 0.15) is 42.6 Å². The van der Waals surface area contributed by atoms with Crippen LogP contribution < -0.4 is 43.0 Å². The van der Waals surface area contributed by atoms with E-state index in [-0.39, 0.29) is 30.8 Å². The summed E-state index contributed by atoms with van der Waals surface area (Å²) in [7, 11) is -4.91. The predicted octanol–water partition coefficient (Wildman–Crippen LogP) is 6.14. The fourth-order valence-electron chi connectivity index (χ4n) is 10.1. The zero-order valence-electron chi connectivity index (χ0n) is 57.9. The summed E-state index contributed by atoms with van der Waals surface area (Å²) < 4.78 is 34.2. The van der Waals surface area contributed by atoms with Crippen LogP contribution in [0.15, 0.2) is 24.3 Å². The number of hydrogen-bond donors (Lipinski definition) is 14. The van der Waals surface area contributed by atoms with E-state index in [0.717, 1.165) is 51.4 Å². The molecule has 7 amide bonds. The van der Waals surface area contributed by atoms with E-state index in [1.165, 1.54) is 134 Å². The largest absolute Gasteiger partial charge is 0.508 e. The van der Waals surface area contributed by atoms with Crippen molar-refractivity contribution in [2.45, 2.75) is 275 Å². The van der Waals surface area contributed by atoms with Crippen molar-refractivity contribution in [1.82, 2.24) is 37.2 Å². The van der Waals surface area contributed by atoms with Crippen molar-refractivity contribution >= 4 is 85.7 Å². The fraction of sp³-hybridized carbons (Fsp3) is 0.746. The van der Waals surface area contributed by atoms with Crippen molar-refractivity contribution in [1.29, 1.82) is 0 Å². The minimum absolute atomic E-state index is 0.0614. The number of aromatic hydroxyl groups is 1. The first-order valence-corrected chi connectivity index (χ1v) is 37.2. The number of benzene rings is 1. The van der Waals surface area contributed by atoms with Crippen molar-refractivity contribution in [3.8, 4) is 5.75 Å². The van der Waals surface area contributed by atoms with Crippen LogP contribution in [0, 0.1) is 0 Å². The maximum atomic E-state index is 14.0. The molecule has 1 aromatic rings. The van der Waals surface area contributed by atoms with Crippen molar-refractivity contribution in [2.24, 2.45) is 5.73 Å². The Morgan fingerprint density at radius 2 is 0.949 bits per heavy atom. The zero-order valence-corrected chi connectivity index (χ0v) is 59.7. The summed E-state index contributed by atoms with van der Waals surface area (Å²) in [5.74, 6) is -11.3. The summed E-state index contributed by atoms with van der Waals surface area (Å²) in [6.07, 6.45) is 25.4. The monoisotopic (exact) mass is 1430 g/mol. The van der Waals surface area contributed by atoms with Gasteiger partial charge in [-0.3, -0.25) is 61.8 Å². The molecule has 0 saturated carbocycles. The number of hydrogen-bond acceptors (Lipinski definition) is 20. The predicted molar refractivity (Wildman–Crippen MR) is 369 cm³/mol. The van der Waals surface area contributed by atoms with E-state index in [2.05, 4.69) is 63.7 Å². The number of nitrogens with two attached hydrogens (primary N) is 1. The van der Waals surface area contributed by atoms with E-state index < -0.39 is 181 Å². The van der Waals surface area contributed by atoms with Gasteiger partial charge in [0, 0.05) is 44.4 Å². The number of carboxylic acids is 2. The van der Waals surface area contributed by atoms with Gasteiger partial charge in [-0.2, -0.15) is 12.6 Å². The molecule has 8 atom stereocenters. The van der Waals surface area contributed by atoms with Gasteiger partial charge >= 0.3 is 31.7 Å². The van der Waals surface area contributed by atoms with Crippen LogP contribution in [0.2, 0.25) is 0 Å². The lowest BCUT2D eigenvalue weighted by atomic mass is 10.0. The van der Waals surface area contributed by atoms with Gasteiger partial charge in [0.05, 0.1) is 32.4 Å². The number of rotatable bonds is 61. The number of phosphoric ester groups is 1. The number of phenolic OH excluding ortho intramolecular Hbond substituents is 1. The minimum Gasteiger partial charge on any atom is -0.508 e. The first kappa shape index (κ1) is 89.6. The summed E-state index contributed by atoms with van der Waals surface area (Å²) in [6.45, 7) is 1.61. The Kier molecular flexibility index (Phi) is 50.6. The van der Waals surface area contributed by atoms with Gasteiger partial charge in [0.15, 0.2) is 6.10 Å². The number of carbonyl (C=O) groups is 11. The number of aliphatic carboxylic acids is 2. The Balaban J connectivity index is 2.98. The molecule has 0 aliphatic heterocycles. The Labute approximate surface area is 583 Å². The number of unbranched alkanes of at least 4 members (excludes halogenated alkanes) is 24. The molecule has 0 aliphatic carbocycles. The van der Waals surface area contributed by atoms with Crippen molar-refractivity contribution < 1.29 is 101 Å². The molecule has 0 fully saturated rings. The molecule has 98 heavy (non-hydrogen) atoms. The van der Waals surface area contributed by atoms with Gasteiger partial charge in [0.2, 0.25) is 41.4 Å². The Hall–Kier alpha value is -6.43. The third-order valence-electron chi connectivity index (χ3n) is 15.9. The van der Waals surface area contributed by atoms with Crippen LogP contribution in [0.1, 0.15) is 232 Å². The van der Waals surface area contributed by atoms with Crippen LogP contribution in [0.25, 0.3) is 0 Å². The number of ether oxygens (including phenoxy) is 2. The first-order valence-electron chi connectivity index (χ1n) is 35.1. The van der Waals surface area contributed by atoms with E-state index in [0.29, 0.717) is 18.4 Å². The van der Waals surface area contributed by atoms with Crippen LogP contribution in [0.3, 0.4) is 0 Å². The fourth-order valence-corrected chi connectivity index (χ4v) is 11.0. The molecule has 14 N–H and O–H groups in total. The first-order chi connectivity index (χ1) is 46.8. The number of aliphatic hydroxyl groups is 1. The maximum Gasteiger partial charge on any atom is 0.472 e. The lowest BCUT2D eigenvalue weighted by molar-refractivity contribution is -0.161. The molecule has 0 spiro atoms. The van der Waals surface area contributed by atoms with E-state index in [9.17, 15) is 82.6 Å². The van der Waals surface area contributed by atoms with Gasteiger partial charge in [-0.1, -0.05) is 180 Å². The maximum absolute atomic E-state index is 14.0. The third kappa shape index (κ3) is 46.0. The third-order valence-corrected chi connectivity index (χ3v) is 17.3. The van der Waals surface area contributed by atoms with Gasteiger partial charge in [-0.25, -0.2) is 4.57 Å². The molecule has 1 unspecified atom stereocenters. The highest BCUT2D eigenvalue weighted by atomic mass is 32.1. The van der Waals surface area contributed by atoms with E-state index >= 15 is 0 Å². The topological polar surface area (TPSA) is 453 Å². The molecule has 560 valence electrons. The lowest BCUT2D eigenvalue weighted by Gasteiger charge is -2.26. The molecule has 0 aromatic heterocycles. The summed E-state index contributed by atoms with van der Waals surface area (Å²) in [6, 6.07) is -4.10. The molecule has 0 heterocycles. The summed E-state index contributed by atoms with van der Waals surface area (Å²) in [5, 5.41) is 55.2. The molecular formula is C67H115N8O21PS. The van der Waals surface area contributed by atoms with Gasteiger partial charge in [-0.15, -0.1) is 0 Å². The molecule has 0 radical (unpaired) electrons. The van der Waals surface area contributed by atoms with Crippen molar-refractivity contribution in [3.05, 3.63) is 29.8 Å². The number of amides is 7. The Bertz CT molecular complexity index is 2560. The van der Waals surface area contributed by atoms with Crippen molar-refractivity contribution in [3.63, 3.8) is 0 Å². The van der Waals surface area contributed by atoms with E-state index in [1.54, 1.807) is 0 Å². The number of thiol groups is 1. The summed E-state index contributed by atoms with van der Waals surface area (Å²) in [5.41, 5.74) is 5.93. The number of carboxylic acid groups (broad SMARTS) is 2. The van der Waals surface area contributed by atoms with Crippen LogP contribution in [0.5, 0.6) is 5.75 Å². The number of phenols is 1. The van der Waals surface area contributed by atoms with Crippen LogP contribution in [0.4, 0.5) is 0 Å². The average Bonchev–Trinajstić information content (AvgIpc) is 0.874. The molecule has 29 nitrogen and oxygen atoms in total. The second-order valence-electron chi connectivity index (χ2n) is 24.6. The molecule has 0 bridgehead atoms. The standard InChI is InChI=1S/C67H115N8O21PS/c1-4-6-8-10-12-14-16-18-20-22-24-26-28-30-60(83)93-45-51(96-61(84)31-29-27-25-23-21-19-17-15-13-11-9-7-5-2)46-95-97(91,92)94-41-40-69-62(85)48(3)71-64(87)54(37-39-59(81)82)73-67(90)56(44-76)75-66(89)55(42-49-32-34-50(77)35-33-49)74-65(88)53(36-38-58(79)80)72-57(78)43-70-63(86)52(68)47-98/h32-35,48,51-56,76-77,98H,4-31,36-47,68H2,1-3H3,(H,69,85)(H,70,86)(H,71,87)(H,72,78)(H,73,90)(H,74,88)(H,75,89)(H,79,80)(H,81,82)(H,91,92)/t48-,51+,52-,53-,54-,55-,56-/m0/s1. The highest BCUT2D eigenvalue weighted by Gasteiger charge is 2.33. The highest BCUT2D eigenvalue weighted by molar-refractivity contribution is 7.80. The molecule has 31 heteroatoms. The second-order valence-corrected chi connectivity index (χ2v) is 26.4. The molecule has 1 aromatic carbocycles. The molecule has 0 saturated heterocycles. The lowest BCUT2D eigenvalue weighted by Crippen LogP contribution is -2.60. The molecular weight excluding hydrogens is 1320 g/mol. The normalized spacial score (nSPS) is 13.9. The van der Waals surface area contributed by atoms with Gasteiger partial charge in [0.25, 0.3) is 0 Å². The quantitative estimate of drug-likeness (QED) is 0.0151. The highest BCUT2D eigenvalue weighted by Crippen LogP contribution is 2.43. The SMILES string of the molecule is CCCCCCCCCCCCCCCC(=O)OC[C@H](COP(=O)(O)OCCNC(=O)[C@H](C)NC(=O)[C@H](CCC(=O)O)NC(=O)[C@H](CO)NC(=O)[C@H](Cc1ccc(O)cc1)NC(=O)[C@H](CCC(=O)O)NC(=O)CNC(=O)[C@@H](N)CS)OC(=O)CCCCCCCCCCCCCCC. The number of aliphatic hydroxyl groups excluding tert-OH is 1. The number of nitrogens with one attached hydrogen (secondary N) is 7. The van der Waals surface area contributed by atoms with Crippen LogP contribution >= 0.6 is 20.5 Å². The summed E-state index contributed by atoms with van der Waals surface area (Å²) >= 11 is 3.92. The van der Waals surface area contributed by atoms with Gasteiger partial charge < -0.3 is 77.7 Å². The van der Waals surface area contributed by atoms with E-state index in [4.69, 9.17) is 24.3 Å². The Morgan fingerprint density at radius 1 is 0.520 bits per heavy atom. The number of phosphoric acid groups is 1. The summed E-state index contributed by atoms with van der Waals surface area (Å²) in [4.78, 5) is 153. The van der Waals surface area contributed by atoms with E-state index in [1.807, 2.05) is 0 Å². The smallest absolute Gasteiger partial charge is 0.472 e. The second kappa shape index (κ2) is 55.4. The van der Waals surface area contributed by atoms with Crippen molar-refractivity contribution in [2.75, 3.05) is 45.3 Å². The van der Waals surface area contributed by atoms with Crippen LogP contribution in [-0.4, -0.2) is 178 Å². The number of carbonyl (C=O) groups excluding carboxylic acids is 9. The number of esters is 2. The zero-order chi connectivity index (χ0) is 72.9. The van der Waals surface area contributed by atoms with Crippen LogP contribution in [-0.2, 0) is 82.2 Å². The Morgan fingerprint density at radius 3 is 1.43 bits per heavy atom.